The lowest BCUT2D eigenvalue weighted by molar-refractivity contribution is -0.167. The van der Waals surface area contributed by atoms with Gasteiger partial charge in [-0.25, -0.2) is 0 Å². The van der Waals surface area contributed by atoms with Gasteiger partial charge in [-0.1, -0.05) is 226 Å². The van der Waals surface area contributed by atoms with Crippen molar-refractivity contribution in [1.82, 2.24) is 0 Å². The highest BCUT2D eigenvalue weighted by Crippen LogP contribution is 2.12. The highest BCUT2D eigenvalue weighted by Gasteiger charge is 2.19. The van der Waals surface area contributed by atoms with E-state index >= 15 is 0 Å². The number of hydrogen-bond donors (Lipinski definition) is 0. The van der Waals surface area contributed by atoms with Crippen LogP contribution in [0.4, 0.5) is 0 Å². The van der Waals surface area contributed by atoms with E-state index in [4.69, 9.17) is 14.2 Å². The van der Waals surface area contributed by atoms with Crippen molar-refractivity contribution in [3.05, 3.63) is 122 Å². The molecule has 0 aliphatic carbocycles. The van der Waals surface area contributed by atoms with Crippen molar-refractivity contribution >= 4 is 17.9 Å². The first-order valence-electron chi connectivity index (χ1n) is 27.1. The molecule has 0 saturated carbocycles. The highest BCUT2D eigenvalue weighted by atomic mass is 16.6. The third-order valence-electron chi connectivity index (χ3n) is 11.0. The van der Waals surface area contributed by atoms with E-state index in [1.165, 1.54) is 77.0 Å². The van der Waals surface area contributed by atoms with E-state index in [1.54, 1.807) is 0 Å². The smallest absolute Gasteiger partial charge is 0.306 e. The Hall–Kier alpha value is -4.19. The quantitative estimate of drug-likeness (QED) is 0.0199. The Bertz CT molecular complexity index is 1440. The number of carbonyl (C=O) groups is 3. The zero-order chi connectivity index (χ0) is 48.6. The molecule has 0 rings (SSSR count). The summed E-state index contributed by atoms with van der Waals surface area (Å²) < 4.78 is 16.7. The SMILES string of the molecule is CCC\C=C/C=C\C=C/C=C\C=C/CCCCCCCC(=O)OCC(COC(=O)CCCCC/C=C\CCCCCCCCC)OC(=O)CCC/C=C\C/C=C\C/C=C\C/C=C\CCCCC. The van der Waals surface area contributed by atoms with Crippen LogP contribution in [0.5, 0.6) is 0 Å². The summed E-state index contributed by atoms with van der Waals surface area (Å²) in [6, 6.07) is 0. The third-order valence-corrected chi connectivity index (χ3v) is 11.0. The van der Waals surface area contributed by atoms with Crippen LogP contribution >= 0.6 is 0 Å². The Kier molecular flexibility index (Phi) is 51.0. The Balaban J connectivity index is 4.58. The Morgan fingerprint density at radius 3 is 1.13 bits per heavy atom. The molecule has 67 heavy (non-hydrogen) atoms. The highest BCUT2D eigenvalue weighted by molar-refractivity contribution is 5.71. The molecule has 0 heterocycles. The molecule has 0 aromatic carbocycles. The van der Waals surface area contributed by atoms with E-state index in [2.05, 4.69) is 106 Å². The Morgan fingerprint density at radius 1 is 0.313 bits per heavy atom. The molecule has 378 valence electrons. The fraction of sp³-hybridized carbons (Fsp3) is 0.623. The van der Waals surface area contributed by atoms with Crippen LogP contribution in [0.25, 0.3) is 0 Å². The van der Waals surface area contributed by atoms with Crippen LogP contribution in [0.15, 0.2) is 122 Å². The second kappa shape index (κ2) is 54.4. The van der Waals surface area contributed by atoms with Crippen molar-refractivity contribution in [3.63, 3.8) is 0 Å². The van der Waals surface area contributed by atoms with E-state index in [1.807, 2.05) is 36.5 Å². The molecular weight excluding hydrogens is 829 g/mol. The first-order valence-corrected chi connectivity index (χ1v) is 27.1. The molecule has 0 aromatic heterocycles. The first kappa shape index (κ1) is 62.8. The van der Waals surface area contributed by atoms with Gasteiger partial charge in [0.25, 0.3) is 0 Å². The lowest BCUT2D eigenvalue weighted by Gasteiger charge is -2.18. The van der Waals surface area contributed by atoms with Crippen LogP contribution in [0, 0.1) is 0 Å². The topological polar surface area (TPSA) is 78.9 Å². The van der Waals surface area contributed by atoms with Crippen molar-refractivity contribution in [2.45, 2.75) is 232 Å². The van der Waals surface area contributed by atoms with Crippen molar-refractivity contribution < 1.29 is 28.6 Å². The van der Waals surface area contributed by atoms with Gasteiger partial charge in [0.1, 0.15) is 13.2 Å². The van der Waals surface area contributed by atoms with Gasteiger partial charge in [-0.3, -0.25) is 14.4 Å². The Labute approximate surface area is 412 Å². The molecule has 0 amide bonds. The van der Waals surface area contributed by atoms with Gasteiger partial charge in [0.15, 0.2) is 6.10 Å². The molecule has 0 spiro atoms. The van der Waals surface area contributed by atoms with E-state index in [0.717, 1.165) is 103 Å². The molecule has 0 fully saturated rings. The van der Waals surface area contributed by atoms with Crippen molar-refractivity contribution in [1.29, 1.82) is 0 Å². The van der Waals surface area contributed by atoms with Gasteiger partial charge in [-0.15, -0.1) is 0 Å². The minimum Gasteiger partial charge on any atom is -0.462 e. The molecule has 6 heteroatoms. The maximum Gasteiger partial charge on any atom is 0.306 e. The number of hydrogen-bond acceptors (Lipinski definition) is 6. The van der Waals surface area contributed by atoms with Gasteiger partial charge in [0, 0.05) is 19.3 Å². The summed E-state index contributed by atoms with van der Waals surface area (Å²) in [5.41, 5.74) is 0. The second-order valence-corrected chi connectivity index (χ2v) is 17.5. The van der Waals surface area contributed by atoms with E-state index in [9.17, 15) is 14.4 Å². The van der Waals surface area contributed by atoms with Crippen LogP contribution in [-0.4, -0.2) is 37.2 Å². The molecule has 0 N–H and O–H groups in total. The number of carbonyl (C=O) groups excluding carboxylic acids is 3. The van der Waals surface area contributed by atoms with Crippen molar-refractivity contribution in [2.24, 2.45) is 0 Å². The largest absolute Gasteiger partial charge is 0.462 e. The molecule has 1 atom stereocenters. The zero-order valence-corrected chi connectivity index (χ0v) is 43.1. The normalized spacial score (nSPS) is 13.1. The average molecular weight is 927 g/mol. The van der Waals surface area contributed by atoms with Gasteiger partial charge in [-0.05, 0) is 103 Å². The summed E-state index contributed by atoms with van der Waals surface area (Å²) in [5, 5.41) is 0. The molecule has 0 aliphatic heterocycles. The van der Waals surface area contributed by atoms with Gasteiger partial charge >= 0.3 is 17.9 Å². The fourth-order valence-corrected chi connectivity index (χ4v) is 6.93. The summed E-state index contributed by atoms with van der Waals surface area (Å²) in [4.78, 5) is 38.0. The number of ether oxygens (including phenoxy) is 3. The summed E-state index contributed by atoms with van der Waals surface area (Å²) in [7, 11) is 0. The number of allylic oxidation sites excluding steroid dienone is 20. The summed E-state index contributed by atoms with van der Waals surface area (Å²) in [6.45, 7) is 6.42. The van der Waals surface area contributed by atoms with Gasteiger partial charge in [0.2, 0.25) is 0 Å². The van der Waals surface area contributed by atoms with Crippen LogP contribution < -0.4 is 0 Å². The predicted molar refractivity (Wildman–Crippen MR) is 288 cm³/mol. The van der Waals surface area contributed by atoms with Crippen LogP contribution in [0.2, 0.25) is 0 Å². The monoisotopic (exact) mass is 927 g/mol. The second-order valence-electron chi connectivity index (χ2n) is 17.5. The summed E-state index contributed by atoms with van der Waals surface area (Å²) in [5.74, 6) is -1.02. The number of unbranched alkanes of at least 4 members (excludes halogenated alkanes) is 20. The van der Waals surface area contributed by atoms with Crippen molar-refractivity contribution in [2.75, 3.05) is 13.2 Å². The lowest BCUT2D eigenvalue weighted by Crippen LogP contribution is -2.30. The molecule has 0 saturated heterocycles. The van der Waals surface area contributed by atoms with Crippen molar-refractivity contribution in [3.8, 4) is 0 Å². The first-order chi connectivity index (χ1) is 33.0. The van der Waals surface area contributed by atoms with Crippen LogP contribution in [0.1, 0.15) is 226 Å². The van der Waals surface area contributed by atoms with E-state index < -0.39 is 6.10 Å². The summed E-state index contributed by atoms with van der Waals surface area (Å²) in [6.07, 6.45) is 74.6. The third kappa shape index (κ3) is 52.6. The maximum absolute atomic E-state index is 12.8. The molecule has 0 aliphatic rings. The minimum atomic E-state index is -0.827. The summed E-state index contributed by atoms with van der Waals surface area (Å²) >= 11 is 0. The maximum atomic E-state index is 12.8. The van der Waals surface area contributed by atoms with Gasteiger partial charge in [-0.2, -0.15) is 0 Å². The minimum absolute atomic E-state index is 0.119. The Morgan fingerprint density at radius 2 is 0.642 bits per heavy atom. The zero-order valence-electron chi connectivity index (χ0n) is 43.1. The van der Waals surface area contributed by atoms with E-state index in [0.29, 0.717) is 19.3 Å². The molecule has 6 nitrogen and oxygen atoms in total. The standard InChI is InChI=1S/C61H98O6/c1-4-7-10-13-16-19-22-25-28-30-32-33-36-39-42-45-48-51-54-60(63)66-57-58(56-65-59(62)53-50-47-44-41-38-35-27-24-21-18-15-12-9-6-3)67-61(64)55-52-49-46-43-40-37-34-31-29-26-23-20-17-14-11-8-5-2/h10,13,16-17,19-20,22,25-26,28-30,32-35,37-38,43,46,58H,4-9,11-12,14-15,18,21,23-24,27,31,36,39-42,44-45,47-57H2,1-3H3/b13-10-,19-16-,20-17-,25-22-,29-26-,30-28-,33-32-,37-34-,38-35-,46-43-. The molecule has 1 unspecified atom stereocenters. The van der Waals surface area contributed by atoms with Crippen LogP contribution in [-0.2, 0) is 28.6 Å². The molecule has 0 radical (unpaired) electrons. The lowest BCUT2D eigenvalue weighted by atomic mass is 10.1. The fourth-order valence-electron chi connectivity index (χ4n) is 6.93. The predicted octanol–water partition coefficient (Wildman–Crippen LogP) is 18.1. The molecule has 0 bridgehead atoms. The van der Waals surface area contributed by atoms with Gasteiger partial charge in [0.05, 0.1) is 0 Å². The van der Waals surface area contributed by atoms with Gasteiger partial charge < -0.3 is 14.2 Å². The number of esters is 3. The average Bonchev–Trinajstić information content (AvgIpc) is 3.33. The number of rotatable bonds is 47. The van der Waals surface area contributed by atoms with E-state index in [-0.39, 0.29) is 37.5 Å². The van der Waals surface area contributed by atoms with Crippen LogP contribution in [0.3, 0.4) is 0 Å². The molecule has 0 aromatic rings. The molecular formula is C61H98O6.